The van der Waals surface area contributed by atoms with Crippen molar-refractivity contribution in [3.8, 4) is 0 Å². The molecule has 1 aliphatic rings. The molecule has 2 atom stereocenters. The molecule has 0 aliphatic heterocycles. The molecule has 2 unspecified atom stereocenters. The lowest BCUT2D eigenvalue weighted by atomic mass is 9.64. The van der Waals surface area contributed by atoms with E-state index >= 15 is 0 Å². The lowest BCUT2D eigenvalue weighted by molar-refractivity contribution is 0.0354. The van der Waals surface area contributed by atoms with Crippen LogP contribution in [0.2, 0.25) is 0 Å². The lowest BCUT2D eigenvalue weighted by Gasteiger charge is -2.42. The van der Waals surface area contributed by atoms with Crippen LogP contribution in [0, 0.1) is 5.92 Å². The fourth-order valence-corrected chi connectivity index (χ4v) is 3.54. The molecule has 1 fully saturated rings. The minimum absolute atomic E-state index is 0.0168. The molecule has 19 heavy (non-hydrogen) atoms. The fourth-order valence-electron chi connectivity index (χ4n) is 3.54. The Morgan fingerprint density at radius 3 is 2.32 bits per heavy atom. The Labute approximate surface area is 118 Å². The number of rotatable bonds is 5. The first-order valence-corrected chi connectivity index (χ1v) is 7.92. The van der Waals surface area contributed by atoms with Crippen molar-refractivity contribution >= 4 is 0 Å². The summed E-state index contributed by atoms with van der Waals surface area (Å²) in [6, 6.07) is 10.7. The molecule has 0 radical (unpaired) electrons. The summed E-state index contributed by atoms with van der Waals surface area (Å²) in [5.74, 6) is 0.609. The van der Waals surface area contributed by atoms with Crippen molar-refractivity contribution in [1.29, 1.82) is 0 Å². The molecule has 0 amide bonds. The Morgan fingerprint density at radius 2 is 1.74 bits per heavy atom. The predicted molar refractivity (Wildman–Crippen MR) is 81.3 cm³/mol. The summed E-state index contributed by atoms with van der Waals surface area (Å²) in [6.07, 6.45) is 8.03. The highest BCUT2D eigenvalue weighted by atomic mass is 16.3. The number of aliphatic hydroxyl groups is 1. The fraction of sp³-hybridized carbons (Fsp3) is 0.667. The van der Waals surface area contributed by atoms with Gasteiger partial charge in [0.2, 0.25) is 0 Å². The summed E-state index contributed by atoms with van der Waals surface area (Å²) in [6.45, 7) is 4.47. The zero-order valence-corrected chi connectivity index (χ0v) is 12.4. The monoisotopic (exact) mass is 260 g/mol. The molecule has 1 heteroatoms. The molecule has 0 saturated heterocycles. The molecular formula is C18H28O. The highest BCUT2D eigenvalue weighted by molar-refractivity contribution is 5.27. The van der Waals surface area contributed by atoms with Gasteiger partial charge in [0, 0.05) is 5.41 Å². The Balaban J connectivity index is 2.24. The maximum Gasteiger partial charge on any atom is 0.0639 e. The second kappa shape index (κ2) is 6.56. The summed E-state index contributed by atoms with van der Waals surface area (Å²) in [7, 11) is 0. The smallest absolute Gasteiger partial charge is 0.0639 e. The number of hydrogen-bond acceptors (Lipinski definition) is 1. The van der Waals surface area contributed by atoms with Crippen LogP contribution in [0.15, 0.2) is 30.3 Å². The van der Waals surface area contributed by atoms with Gasteiger partial charge in [0.15, 0.2) is 0 Å². The van der Waals surface area contributed by atoms with Gasteiger partial charge in [-0.15, -0.1) is 0 Å². The van der Waals surface area contributed by atoms with E-state index in [2.05, 4.69) is 44.2 Å². The summed E-state index contributed by atoms with van der Waals surface area (Å²) in [5, 5.41) is 10.9. The van der Waals surface area contributed by atoms with Crippen LogP contribution < -0.4 is 0 Å². The van der Waals surface area contributed by atoms with E-state index in [1.54, 1.807) is 0 Å². The largest absolute Gasteiger partial charge is 0.392 e. The highest BCUT2D eigenvalue weighted by Gasteiger charge is 2.40. The Hall–Kier alpha value is -0.820. The maximum atomic E-state index is 10.9. The van der Waals surface area contributed by atoms with Crippen LogP contribution in [0.3, 0.4) is 0 Å². The van der Waals surface area contributed by atoms with E-state index in [0.29, 0.717) is 5.92 Å². The van der Waals surface area contributed by atoms with Crippen LogP contribution in [0.4, 0.5) is 0 Å². The van der Waals surface area contributed by atoms with Crippen molar-refractivity contribution in [3.63, 3.8) is 0 Å². The standard InChI is InChI=1S/C18H28O/c1-3-15(2)14-17(19)18(12-8-5-9-13-18)16-10-6-4-7-11-16/h4,6-7,10-11,15,17,19H,3,5,8-9,12-14H2,1-2H3. The molecule has 1 aromatic carbocycles. The van der Waals surface area contributed by atoms with Crippen molar-refractivity contribution in [2.75, 3.05) is 0 Å². The maximum absolute atomic E-state index is 10.9. The second-order valence-electron chi connectivity index (χ2n) is 6.35. The molecule has 1 aliphatic carbocycles. The minimum Gasteiger partial charge on any atom is -0.392 e. The van der Waals surface area contributed by atoms with E-state index in [1.165, 1.54) is 24.8 Å². The first-order chi connectivity index (χ1) is 9.19. The van der Waals surface area contributed by atoms with E-state index in [1.807, 2.05) is 0 Å². The number of aliphatic hydroxyl groups excluding tert-OH is 1. The van der Waals surface area contributed by atoms with Gasteiger partial charge in [-0.1, -0.05) is 69.9 Å². The van der Waals surface area contributed by atoms with Crippen molar-refractivity contribution in [2.45, 2.75) is 70.3 Å². The molecule has 0 heterocycles. The summed E-state index contributed by atoms with van der Waals surface area (Å²) >= 11 is 0. The van der Waals surface area contributed by atoms with Gasteiger partial charge in [-0.25, -0.2) is 0 Å². The molecule has 1 N–H and O–H groups in total. The molecule has 1 nitrogen and oxygen atoms in total. The average molecular weight is 260 g/mol. The SMILES string of the molecule is CCC(C)CC(O)C1(c2ccccc2)CCCCC1. The quantitative estimate of drug-likeness (QED) is 0.814. The van der Waals surface area contributed by atoms with Crippen LogP contribution in [0.25, 0.3) is 0 Å². The Kier molecular flexibility index (Phi) is 5.04. The van der Waals surface area contributed by atoms with E-state index in [9.17, 15) is 5.11 Å². The Morgan fingerprint density at radius 1 is 1.11 bits per heavy atom. The van der Waals surface area contributed by atoms with Gasteiger partial charge in [-0.3, -0.25) is 0 Å². The minimum atomic E-state index is -0.190. The third-order valence-corrected chi connectivity index (χ3v) is 5.05. The van der Waals surface area contributed by atoms with E-state index in [-0.39, 0.29) is 11.5 Å². The van der Waals surface area contributed by atoms with Crippen LogP contribution >= 0.6 is 0 Å². The van der Waals surface area contributed by atoms with Gasteiger partial charge in [-0.05, 0) is 30.7 Å². The molecule has 1 aromatic rings. The summed E-state index contributed by atoms with van der Waals surface area (Å²) in [4.78, 5) is 0. The van der Waals surface area contributed by atoms with Gasteiger partial charge in [0.25, 0.3) is 0 Å². The molecule has 106 valence electrons. The third-order valence-electron chi connectivity index (χ3n) is 5.05. The molecule has 0 bridgehead atoms. The van der Waals surface area contributed by atoms with Crippen molar-refractivity contribution in [2.24, 2.45) is 5.92 Å². The van der Waals surface area contributed by atoms with Gasteiger partial charge >= 0.3 is 0 Å². The van der Waals surface area contributed by atoms with Gasteiger partial charge < -0.3 is 5.11 Å². The predicted octanol–water partition coefficient (Wildman–Crippen LogP) is 4.69. The average Bonchev–Trinajstić information content (AvgIpc) is 2.48. The zero-order chi connectivity index (χ0) is 13.7. The van der Waals surface area contributed by atoms with Crippen LogP contribution in [-0.4, -0.2) is 11.2 Å². The van der Waals surface area contributed by atoms with Gasteiger partial charge in [0.1, 0.15) is 0 Å². The van der Waals surface area contributed by atoms with Crippen LogP contribution in [0.1, 0.15) is 64.4 Å². The number of benzene rings is 1. The van der Waals surface area contributed by atoms with Crippen molar-refractivity contribution < 1.29 is 5.11 Å². The van der Waals surface area contributed by atoms with Crippen LogP contribution in [0.5, 0.6) is 0 Å². The molecule has 2 rings (SSSR count). The molecular weight excluding hydrogens is 232 g/mol. The van der Waals surface area contributed by atoms with Gasteiger partial charge in [0.05, 0.1) is 6.10 Å². The topological polar surface area (TPSA) is 20.2 Å². The first kappa shape index (κ1) is 14.6. The second-order valence-corrected chi connectivity index (χ2v) is 6.35. The van der Waals surface area contributed by atoms with Gasteiger partial charge in [-0.2, -0.15) is 0 Å². The summed E-state index contributed by atoms with van der Waals surface area (Å²) < 4.78 is 0. The van der Waals surface area contributed by atoms with E-state index < -0.39 is 0 Å². The van der Waals surface area contributed by atoms with Crippen molar-refractivity contribution in [3.05, 3.63) is 35.9 Å². The molecule has 0 aromatic heterocycles. The zero-order valence-electron chi connectivity index (χ0n) is 12.4. The van der Waals surface area contributed by atoms with E-state index in [4.69, 9.17) is 0 Å². The first-order valence-electron chi connectivity index (χ1n) is 7.92. The Bertz CT molecular complexity index is 365. The number of hydrogen-bond donors (Lipinski definition) is 1. The normalized spacial score (nSPS) is 21.8. The lowest BCUT2D eigenvalue weighted by Crippen LogP contribution is -2.42. The van der Waals surface area contributed by atoms with Crippen LogP contribution in [-0.2, 0) is 5.41 Å². The molecule has 1 saturated carbocycles. The summed E-state index contributed by atoms with van der Waals surface area (Å²) in [5.41, 5.74) is 1.37. The highest BCUT2D eigenvalue weighted by Crippen LogP contribution is 2.43. The molecule has 0 spiro atoms. The van der Waals surface area contributed by atoms with Crippen molar-refractivity contribution in [1.82, 2.24) is 0 Å². The third kappa shape index (κ3) is 3.20. The van der Waals surface area contributed by atoms with E-state index in [0.717, 1.165) is 25.7 Å².